The summed E-state index contributed by atoms with van der Waals surface area (Å²) in [6.45, 7) is 1.36. The summed E-state index contributed by atoms with van der Waals surface area (Å²) in [4.78, 5) is 22.8. The van der Waals surface area contributed by atoms with Crippen LogP contribution in [0.5, 0.6) is 17.2 Å². The number of ketones is 1. The third-order valence-electron chi connectivity index (χ3n) is 2.45. The third-order valence-corrected chi connectivity index (χ3v) is 2.45. The number of Topliss-reactive ketones (excluding diaryl/α,β-unsaturated/α-hetero) is 1. The fourth-order valence-electron chi connectivity index (χ4n) is 1.58. The van der Waals surface area contributed by atoms with Crippen LogP contribution in [-0.4, -0.2) is 39.6 Å². The molecule has 0 fully saturated rings. The molecule has 0 heterocycles. The van der Waals surface area contributed by atoms with Crippen LogP contribution in [0.25, 0.3) is 0 Å². The smallest absolute Gasteiger partial charge is 0.255 e. The molecule has 1 N–H and O–H groups in total. The van der Waals surface area contributed by atoms with Crippen LogP contribution in [0.2, 0.25) is 0 Å². The van der Waals surface area contributed by atoms with Gasteiger partial charge in [-0.15, -0.1) is 0 Å². The van der Waals surface area contributed by atoms with Crippen molar-refractivity contribution in [1.82, 2.24) is 5.32 Å². The Hall–Kier alpha value is -2.24. The second-order valence-electron chi connectivity index (χ2n) is 3.77. The van der Waals surface area contributed by atoms with Crippen LogP contribution in [0.15, 0.2) is 12.1 Å². The molecular formula is C13H17NO5. The largest absolute Gasteiger partial charge is 0.493 e. The van der Waals surface area contributed by atoms with Crippen molar-refractivity contribution in [2.24, 2.45) is 0 Å². The molecule has 6 heteroatoms. The first-order valence-electron chi connectivity index (χ1n) is 5.61. The first-order valence-corrected chi connectivity index (χ1v) is 5.61. The first-order chi connectivity index (χ1) is 9.04. The van der Waals surface area contributed by atoms with Crippen molar-refractivity contribution in [1.29, 1.82) is 0 Å². The predicted octanol–water partition coefficient (Wildman–Crippen LogP) is 1.03. The van der Waals surface area contributed by atoms with Gasteiger partial charge < -0.3 is 19.5 Å². The molecule has 1 aromatic rings. The van der Waals surface area contributed by atoms with Gasteiger partial charge in [-0.05, 0) is 19.1 Å². The number of hydrogen-bond donors (Lipinski definition) is 1. The molecule has 1 aromatic carbocycles. The van der Waals surface area contributed by atoms with E-state index in [1.165, 1.54) is 28.3 Å². The number of ether oxygens (including phenoxy) is 3. The Morgan fingerprint density at radius 2 is 1.68 bits per heavy atom. The van der Waals surface area contributed by atoms with E-state index in [2.05, 4.69) is 5.32 Å². The Kier molecular flexibility index (Phi) is 5.17. The summed E-state index contributed by atoms with van der Waals surface area (Å²) in [6, 6.07) is 3.15. The number of benzene rings is 1. The number of carbonyl (C=O) groups is 2. The van der Waals surface area contributed by atoms with Crippen molar-refractivity contribution < 1.29 is 23.8 Å². The summed E-state index contributed by atoms with van der Waals surface area (Å²) >= 11 is 0. The molecule has 0 aromatic heterocycles. The van der Waals surface area contributed by atoms with Crippen LogP contribution in [0.3, 0.4) is 0 Å². The summed E-state index contributed by atoms with van der Waals surface area (Å²) in [5.41, 5.74) is 0.279. The van der Waals surface area contributed by atoms with Crippen LogP contribution >= 0.6 is 0 Å². The number of amides is 1. The Balaban J connectivity index is 3.13. The van der Waals surface area contributed by atoms with E-state index >= 15 is 0 Å². The minimum absolute atomic E-state index is 0.0314. The third kappa shape index (κ3) is 3.37. The number of methoxy groups -OCH3 is 3. The highest BCUT2D eigenvalue weighted by Gasteiger charge is 2.20. The second kappa shape index (κ2) is 6.63. The topological polar surface area (TPSA) is 73.9 Å². The molecule has 0 bridgehead atoms. The summed E-state index contributed by atoms with van der Waals surface area (Å²) in [7, 11) is 4.38. The van der Waals surface area contributed by atoms with E-state index < -0.39 is 5.91 Å². The van der Waals surface area contributed by atoms with Crippen molar-refractivity contribution in [3.05, 3.63) is 17.7 Å². The molecule has 0 saturated heterocycles. The summed E-state index contributed by atoms with van der Waals surface area (Å²) in [6.07, 6.45) is 0. The Labute approximate surface area is 111 Å². The molecule has 1 amide bonds. The fraction of sp³-hybridized carbons (Fsp3) is 0.385. The standard InChI is InChI=1S/C13H17NO5/c1-8(15)7-14-13(16)9-5-6-10(17-2)12(19-4)11(9)18-3/h5-6H,7H2,1-4H3,(H,14,16). The summed E-state index contributed by atoms with van der Waals surface area (Å²) < 4.78 is 15.5. The molecule has 0 saturated carbocycles. The highest BCUT2D eigenvalue weighted by Crippen LogP contribution is 2.39. The molecule has 104 valence electrons. The van der Waals surface area contributed by atoms with Crippen LogP contribution in [-0.2, 0) is 4.79 Å². The number of carbonyl (C=O) groups excluding carboxylic acids is 2. The molecule has 0 radical (unpaired) electrons. The van der Waals surface area contributed by atoms with Crippen molar-refractivity contribution in [2.45, 2.75) is 6.92 Å². The van der Waals surface area contributed by atoms with Gasteiger partial charge in [-0.25, -0.2) is 0 Å². The normalized spacial score (nSPS) is 9.68. The minimum Gasteiger partial charge on any atom is -0.493 e. The fourth-order valence-corrected chi connectivity index (χ4v) is 1.58. The van der Waals surface area contributed by atoms with Gasteiger partial charge >= 0.3 is 0 Å². The molecular weight excluding hydrogens is 250 g/mol. The number of nitrogens with one attached hydrogen (secondary N) is 1. The zero-order chi connectivity index (χ0) is 14.4. The van der Waals surface area contributed by atoms with Gasteiger partial charge in [0.1, 0.15) is 5.78 Å². The zero-order valence-electron chi connectivity index (χ0n) is 11.4. The van der Waals surface area contributed by atoms with Gasteiger partial charge in [0, 0.05) is 0 Å². The molecule has 19 heavy (non-hydrogen) atoms. The monoisotopic (exact) mass is 267 g/mol. The van der Waals surface area contributed by atoms with Gasteiger partial charge in [-0.2, -0.15) is 0 Å². The maximum atomic E-state index is 12.0. The van der Waals surface area contributed by atoms with Crippen LogP contribution < -0.4 is 19.5 Å². The SMILES string of the molecule is COc1ccc(C(=O)NCC(C)=O)c(OC)c1OC. The first kappa shape index (κ1) is 14.8. The molecule has 0 aliphatic rings. The van der Waals surface area contributed by atoms with Crippen molar-refractivity contribution in [3.8, 4) is 17.2 Å². The van der Waals surface area contributed by atoms with Crippen molar-refractivity contribution in [3.63, 3.8) is 0 Å². The minimum atomic E-state index is -0.409. The lowest BCUT2D eigenvalue weighted by molar-refractivity contribution is -0.116. The van der Waals surface area contributed by atoms with Crippen molar-refractivity contribution in [2.75, 3.05) is 27.9 Å². The Morgan fingerprint density at radius 1 is 1.05 bits per heavy atom. The Morgan fingerprint density at radius 3 is 2.16 bits per heavy atom. The van der Waals surface area contributed by atoms with Gasteiger partial charge in [-0.3, -0.25) is 9.59 Å². The maximum absolute atomic E-state index is 12.0. The molecule has 1 rings (SSSR count). The Bertz CT molecular complexity index is 484. The molecule has 0 spiro atoms. The average molecular weight is 267 g/mol. The maximum Gasteiger partial charge on any atom is 0.255 e. The van der Waals surface area contributed by atoms with Gasteiger partial charge in [0.15, 0.2) is 11.5 Å². The van der Waals surface area contributed by atoms with Gasteiger partial charge in [0.2, 0.25) is 5.75 Å². The van der Waals surface area contributed by atoms with Crippen LogP contribution in [0, 0.1) is 0 Å². The highest BCUT2D eigenvalue weighted by molar-refractivity contribution is 5.99. The van der Waals surface area contributed by atoms with Gasteiger partial charge in [0.25, 0.3) is 5.91 Å². The van der Waals surface area contributed by atoms with E-state index in [4.69, 9.17) is 14.2 Å². The molecule has 0 unspecified atom stereocenters. The quantitative estimate of drug-likeness (QED) is 0.833. The molecule has 0 atom stereocenters. The number of hydrogen-bond acceptors (Lipinski definition) is 5. The second-order valence-corrected chi connectivity index (χ2v) is 3.77. The number of rotatable bonds is 6. The van der Waals surface area contributed by atoms with E-state index in [1.54, 1.807) is 12.1 Å². The molecule has 0 aliphatic heterocycles. The molecule has 0 aliphatic carbocycles. The molecule has 6 nitrogen and oxygen atoms in total. The van der Waals surface area contributed by atoms with E-state index in [0.29, 0.717) is 11.5 Å². The van der Waals surface area contributed by atoms with Crippen LogP contribution in [0.4, 0.5) is 0 Å². The summed E-state index contributed by atoms with van der Waals surface area (Å²) in [5.74, 6) is 0.520. The van der Waals surface area contributed by atoms with E-state index in [-0.39, 0.29) is 23.6 Å². The zero-order valence-corrected chi connectivity index (χ0v) is 11.4. The van der Waals surface area contributed by atoms with Crippen molar-refractivity contribution >= 4 is 11.7 Å². The van der Waals surface area contributed by atoms with E-state index in [9.17, 15) is 9.59 Å². The van der Waals surface area contributed by atoms with E-state index in [1.807, 2.05) is 0 Å². The average Bonchev–Trinajstić information content (AvgIpc) is 2.42. The highest BCUT2D eigenvalue weighted by atomic mass is 16.5. The van der Waals surface area contributed by atoms with Gasteiger partial charge in [0.05, 0.1) is 33.4 Å². The summed E-state index contributed by atoms with van der Waals surface area (Å²) in [5, 5.41) is 2.50. The lowest BCUT2D eigenvalue weighted by Gasteiger charge is -2.15. The van der Waals surface area contributed by atoms with Gasteiger partial charge in [-0.1, -0.05) is 0 Å². The lowest BCUT2D eigenvalue weighted by Crippen LogP contribution is -2.28. The van der Waals surface area contributed by atoms with Crippen LogP contribution in [0.1, 0.15) is 17.3 Å². The predicted molar refractivity (Wildman–Crippen MR) is 69.1 cm³/mol. The lowest BCUT2D eigenvalue weighted by atomic mass is 10.1. The van der Waals surface area contributed by atoms with E-state index in [0.717, 1.165) is 0 Å².